The van der Waals surface area contributed by atoms with Crippen LogP contribution in [0.2, 0.25) is 0 Å². The Bertz CT molecular complexity index is 808. The van der Waals surface area contributed by atoms with Crippen LogP contribution in [0.3, 0.4) is 0 Å². The van der Waals surface area contributed by atoms with Gasteiger partial charge in [-0.3, -0.25) is 4.79 Å². The lowest BCUT2D eigenvalue weighted by Gasteiger charge is -2.26. The fraction of sp³-hybridized carbons (Fsp3) is 0.542. The van der Waals surface area contributed by atoms with Crippen LogP contribution in [0.25, 0.3) is 11.1 Å². The Balaban J connectivity index is 2.02. The van der Waals surface area contributed by atoms with Crippen LogP contribution < -0.4 is 10.9 Å². The Morgan fingerprint density at radius 2 is 1.64 bits per heavy atom. The van der Waals surface area contributed by atoms with E-state index in [2.05, 4.69) is 57.3 Å². The van der Waals surface area contributed by atoms with Gasteiger partial charge in [-0.1, -0.05) is 24.3 Å². The summed E-state index contributed by atoms with van der Waals surface area (Å²) in [5, 5.41) is 3.58. The maximum atomic E-state index is 12.4. The predicted molar refractivity (Wildman–Crippen MR) is 118 cm³/mol. The monoisotopic (exact) mass is 384 g/mol. The first-order chi connectivity index (χ1) is 12.9. The number of pyridine rings is 1. The number of aryl methyl sites for hydroxylation is 1. The summed E-state index contributed by atoms with van der Waals surface area (Å²) in [4.78, 5) is 12.4. The standard InChI is InChI=1S/C24H36N2O2/c1-18(25-23(2,3)4)19-9-11-20(12-10-19)21-13-15-26(22(27)17-21)14-8-16-28-24(5,6)7/h9-13,15,17-18,25H,8,14,16H2,1-7H3. The average molecular weight is 385 g/mol. The van der Waals surface area contributed by atoms with Crippen molar-refractivity contribution in [3.63, 3.8) is 0 Å². The van der Waals surface area contributed by atoms with Crippen LogP contribution >= 0.6 is 0 Å². The van der Waals surface area contributed by atoms with Gasteiger partial charge in [-0.15, -0.1) is 0 Å². The topological polar surface area (TPSA) is 43.3 Å². The van der Waals surface area contributed by atoms with Gasteiger partial charge in [-0.05, 0) is 77.6 Å². The summed E-state index contributed by atoms with van der Waals surface area (Å²) in [6.45, 7) is 16.1. The van der Waals surface area contributed by atoms with E-state index in [0.29, 0.717) is 13.2 Å². The summed E-state index contributed by atoms with van der Waals surface area (Å²) in [5.41, 5.74) is 3.22. The molecular weight excluding hydrogens is 348 g/mol. The maximum absolute atomic E-state index is 12.4. The van der Waals surface area contributed by atoms with Crippen molar-refractivity contribution in [3.8, 4) is 11.1 Å². The normalized spacial score (nSPS) is 13.5. The molecule has 0 aliphatic rings. The van der Waals surface area contributed by atoms with Crippen molar-refractivity contribution in [1.82, 2.24) is 9.88 Å². The molecule has 0 saturated carbocycles. The smallest absolute Gasteiger partial charge is 0.251 e. The summed E-state index contributed by atoms with van der Waals surface area (Å²) in [7, 11) is 0. The maximum Gasteiger partial charge on any atom is 0.251 e. The number of aromatic nitrogens is 1. The molecule has 154 valence electrons. The van der Waals surface area contributed by atoms with E-state index >= 15 is 0 Å². The molecule has 0 aliphatic heterocycles. The quantitative estimate of drug-likeness (QED) is 0.670. The molecule has 1 aromatic carbocycles. The van der Waals surface area contributed by atoms with Crippen LogP contribution in [-0.4, -0.2) is 22.3 Å². The van der Waals surface area contributed by atoms with E-state index in [4.69, 9.17) is 4.74 Å². The van der Waals surface area contributed by atoms with E-state index in [0.717, 1.165) is 17.5 Å². The lowest BCUT2D eigenvalue weighted by atomic mass is 10.00. The van der Waals surface area contributed by atoms with Gasteiger partial charge in [-0.2, -0.15) is 0 Å². The zero-order valence-electron chi connectivity index (χ0n) is 18.5. The highest BCUT2D eigenvalue weighted by Crippen LogP contribution is 2.22. The molecule has 28 heavy (non-hydrogen) atoms. The average Bonchev–Trinajstić information content (AvgIpc) is 2.57. The Labute approximate surface area is 169 Å². The van der Waals surface area contributed by atoms with E-state index in [1.807, 2.05) is 33.0 Å². The molecular formula is C24H36N2O2. The first kappa shape index (κ1) is 22.4. The number of nitrogens with zero attached hydrogens (tertiary/aromatic N) is 1. The molecule has 2 aromatic rings. The molecule has 1 aromatic heterocycles. The third-order valence-electron chi connectivity index (χ3n) is 4.47. The van der Waals surface area contributed by atoms with Crippen molar-refractivity contribution < 1.29 is 4.74 Å². The molecule has 1 atom stereocenters. The first-order valence-electron chi connectivity index (χ1n) is 10.2. The Morgan fingerprint density at radius 3 is 2.18 bits per heavy atom. The molecule has 1 N–H and O–H groups in total. The second-order valence-corrected chi connectivity index (χ2v) is 9.50. The van der Waals surface area contributed by atoms with Crippen molar-refractivity contribution >= 4 is 0 Å². The molecule has 0 fully saturated rings. The van der Waals surface area contributed by atoms with Crippen LogP contribution in [0.15, 0.2) is 47.4 Å². The predicted octanol–water partition coefficient (Wildman–Crippen LogP) is 5.17. The minimum atomic E-state index is -0.138. The van der Waals surface area contributed by atoms with E-state index in [-0.39, 0.29) is 22.7 Å². The van der Waals surface area contributed by atoms with Crippen molar-refractivity contribution in [1.29, 1.82) is 0 Å². The van der Waals surface area contributed by atoms with Gasteiger partial charge in [0, 0.05) is 37.0 Å². The highest BCUT2D eigenvalue weighted by atomic mass is 16.5. The van der Waals surface area contributed by atoms with Crippen molar-refractivity contribution in [2.45, 2.75) is 78.6 Å². The fourth-order valence-corrected chi connectivity index (χ4v) is 3.18. The summed E-state index contributed by atoms with van der Waals surface area (Å²) >= 11 is 0. The summed E-state index contributed by atoms with van der Waals surface area (Å²) in [6.07, 6.45) is 2.70. The van der Waals surface area contributed by atoms with Gasteiger partial charge in [-0.25, -0.2) is 0 Å². The molecule has 0 amide bonds. The van der Waals surface area contributed by atoms with Gasteiger partial charge < -0.3 is 14.6 Å². The molecule has 0 radical (unpaired) electrons. The van der Waals surface area contributed by atoms with Crippen LogP contribution in [0.4, 0.5) is 0 Å². The van der Waals surface area contributed by atoms with E-state index in [1.165, 1.54) is 5.56 Å². The van der Waals surface area contributed by atoms with Crippen LogP contribution in [0.5, 0.6) is 0 Å². The Hall–Kier alpha value is -1.91. The zero-order chi connectivity index (χ0) is 20.9. The first-order valence-corrected chi connectivity index (χ1v) is 10.2. The third-order valence-corrected chi connectivity index (χ3v) is 4.47. The van der Waals surface area contributed by atoms with E-state index in [1.54, 1.807) is 10.6 Å². The van der Waals surface area contributed by atoms with Crippen LogP contribution in [0, 0.1) is 0 Å². The minimum absolute atomic E-state index is 0.0279. The lowest BCUT2D eigenvalue weighted by Crippen LogP contribution is -2.37. The molecule has 0 saturated heterocycles. The second kappa shape index (κ2) is 9.06. The van der Waals surface area contributed by atoms with Crippen molar-refractivity contribution in [2.75, 3.05) is 6.61 Å². The molecule has 4 nitrogen and oxygen atoms in total. The van der Waals surface area contributed by atoms with Crippen LogP contribution in [-0.2, 0) is 11.3 Å². The Kier molecular flexibility index (Phi) is 7.24. The molecule has 2 rings (SSSR count). The Morgan fingerprint density at radius 1 is 1.00 bits per heavy atom. The van der Waals surface area contributed by atoms with Gasteiger partial charge in [0.15, 0.2) is 0 Å². The number of ether oxygens (including phenoxy) is 1. The second-order valence-electron chi connectivity index (χ2n) is 9.50. The van der Waals surface area contributed by atoms with Crippen molar-refractivity contribution in [2.24, 2.45) is 0 Å². The molecule has 0 spiro atoms. The van der Waals surface area contributed by atoms with Crippen molar-refractivity contribution in [3.05, 3.63) is 58.5 Å². The molecule has 1 unspecified atom stereocenters. The number of hydrogen-bond donors (Lipinski definition) is 1. The molecule has 4 heteroatoms. The van der Waals surface area contributed by atoms with E-state index in [9.17, 15) is 4.79 Å². The fourth-order valence-electron chi connectivity index (χ4n) is 3.18. The van der Waals surface area contributed by atoms with Gasteiger partial charge in [0.05, 0.1) is 5.60 Å². The number of rotatable bonds is 7. The number of nitrogens with one attached hydrogen (secondary N) is 1. The number of hydrogen-bond acceptors (Lipinski definition) is 3. The highest BCUT2D eigenvalue weighted by Gasteiger charge is 2.15. The van der Waals surface area contributed by atoms with Gasteiger partial charge in [0.2, 0.25) is 0 Å². The summed E-state index contributed by atoms with van der Waals surface area (Å²) in [6, 6.07) is 12.5. The third kappa shape index (κ3) is 7.25. The molecule has 1 heterocycles. The SMILES string of the molecule is CC(NC(C)(C)C)c1ccc(-c2ccn(CCCOC(C)(C)C)c(=O)c2)cc1. The highest BCUT2D eigenvalue weighted by molar-refractivity contribution is 5.63. The summed E-state index contributed by atoms with van der Waals surface area (Å²) < 4.78 is 7.47. The number of benzene rings is 1. The molecule has 0 aliphatic carbocycles. The van der Waals surface area contributed by atoms with Gasteiger partial charge in [0.25, 0.3) is 5.56 Å². The zero-order valence-corrected chi connectivity index (χ0v) is 18.5. The lowest BCUT2D eigenvalue weighted by molar-refractivity contribution is -0.00534. The largest absolute Gasteiger partial charge is 0.376 e. The van der Waals surface area contributed by atoms with Gasteiger partial charge >= 0.3 is 0 Å². The van der Waals surface area contributed by atoms with E-state index < -0.39 is 0 Å². The van der Waals surface area contributed by atoms with Gasteiger partial charge in [0.1, 0.15) is 0 Å². The molecule has 0 bridgehead atoms. The minimum Gasteiger partial charge on any atom is -0.376 e. The summed E-state index contributed by atoms with van der Waals surface area (Å²) in [5.74, 6) is 0. The van der Waals surface area contributed by atoms with Crippen LogP contribution in [0.1, 0.15) is 66.5 Å².